The van der Waals surface area contributed by atoms with Crippen molar-refractivity contribution < 1.29 is 33.2 Å². The molecule has 3 heterocycles. The summed E-state index contributed by atoms with van der Waals surface area (Å²) in [5, 5.41) is 9.23. The molecule has 3 saturated carbocycles. The topological polar surface area (TPSA) is 200 Å². The van der Waals surface area contributed by atoms with Gasteiger partial charge < -0.3 is 40.8 Å². The zero-order valence-electron chi connectivity index (χ0n) is 37.7. The van der Waals surface area contributed by atoms with Crippen LogP contribution in [0.5, 0.6) is 0 Å². The quantitative estimate of drug-likeness (QED) is 0.177. The lowest BCUT2D eigenvalue weighted by Crippen LogP contribution is -2.59. The summed E-state index contributed by atoms with van der Waals surface area (Å²) in [6, 6.07) is -2.59. The predicted molar refractivity (Wildman–Crippen MR) is 227 cm³/mol. The van der Waals surface area contributed by atoms with Gasteiger partial charge in [0.2, 0.25) is 29.4 Å². The van der Waals surface area contributed by atoms with Crippen LogP contribution in [0.4, 0.5) is 6.01 Å². The van der Waals surface area contributed by atoms with Crippen LogP contribution in [0.25, 0.3) is 0 Å². The van der Waals surface area contributed by atoms with E-state index in [9.17, 15) is 28.8 Å². The maximum Gasteiger partial charge on any atom is 0.294 e. The van der Waals surface area contributed by atoms with E-state index in [1.54, 1.807) is 4.90 Å². The van der Waals surface area contributed by atoms with Gasteiger partial charge in [-0.3, -0.25) is 28.8 Å². The van der Waals surface area contributed by atoms with Gasteiger partial charge in [0.05, 0.1) is 18.2 Å². The molecule has 5 fully saturated rings. The van der Waals surface area contributed by atoms with Crippen molar-refractivity contribution in [1.82, 2.24) is 30.3 Å². The first kappa shape index (κ1) is 45.5. The van der Waals surface area contributed by atoms with Crippen molar-refractivity contribution in [3.05, 3.63) is 12.0 Å². The lowest BCUT2D eigenvalue weighted by molar-refractivity contribution is -0.145. The van der Waals surface area contributed by atoms with Gasteiger partial charge in [0.1, 0.15) is 18.3 Å². The first-order valence-corrected chi connectivity index (χ1v) is 22.5. The van der Waals surface area contributed by atoms with E-state index < -0.39 is 41.1 Å². The summed E-state index contributed by atoms with van der Waals surface area (Å²) in [5.41, 5.74) is 4.60. The van der Waals surface area contributed by atoms with Crippen molar-refractivity contribution in [2.45, 2.75) is 145 Å². The van der Waals surface area contributed by atoms with Crippen LogP contribution >= 0.6 is 0 Å². The molecule has 60 heavy (non-hydrogen) atoms. The molecule has 5 aliphatic rings. The van der Waals surface area contributed by atoms with Crippen molar-refractivity contribution in [3.63, 3.8) is 0 Å². The number of likely N-dealkylation sites (tertiary alicyclic amines) is 1. The molecule has 6 rings (SSSR count). The number of nitrogens with zero attached hydrogens (tertiary/aromatic N) is 4. The summed E-state index contributed by atoms with van der Waals surface area (Å²) in [4.78, 5) is 91.9. The van der Waals surface area contributed by atoms with E-state index in [0.717, 1.165) is 58.2 Å². The van der Waals surface area contributed by atoms with Crippen molar-refractivity contribution in [3.8, 4) is 0 Å². The number of fused-ring (bicyclic) bond motifs is 1. The number of likely N-dealkylation sites (N-methyl/N-ethyl adjacent to an activating group) is 1. The molecule has 1 aromatic heterocycles. The molecule has 1 unspecified atom stereocenters. The fourth-order valence-electron chi connectivity index (χ4n) is 11.0. The van der Waals surface area contributed by atoms with Gasteiger partial charge in [-0.15, -0.1) is 0 Å². The molecular weight excluding hydrogens is 765 g/mol. The fraction of sp³-hybridized carbons (Fsp3) is 0.800. The number of oxazole rings is 1. The number of Topliss-reactive ketones (excluding diaryl/α,β-unsaturated/α-hetero) is 1. The molecule has 1 aromatic rings. The Balaban J connectivity index is 1.14. The van der Waals surface area contributed by atoms with E-state index in [2.05, 4.69) is 67.4 Å². The van der Waals surface area contributed by atoms with Crippen molar-refractivity contribution >= 4 is 41.3 Å². The Morgan fingerprint density at radius 1 is 0.933 bits per heavy atom. The van der Waals surface area contributed by atoms with E-state index in [-0.39, 0.29) is 70.1 Å². The van der Waals surface area contributed by atoms with Gasteiger partial charge >= 0.3 is 0 Å². The Bertz CT molecular complexity index is 1800. The Morgan fingerprint density at radius 2 is 1.60 bits per heavy atom. The lowest BCUT2D eigenvalue weighted by Gasteiger charge is -2.37. The molecule has 5 N–H and O–H groups in total. The highest BCUT2D eigenvalue weighted by Crippen LogP contribution is 2.88. The minimum Gasteiger partial charge on any atom is -0.432 e. The highest BCUT2D eigenvalue weighted by Gasteiger charge is 2.85. The number of rotatable bonds is 16. The van der Waals surface area contributed by atoms with Crippen LogP contribution in [0.1, 0.15) is 126 Å². The first-order chi connectivity index (χ1) is 28.0. The van der Waals surface area contributed by atoms with Gasteiger partial charge in [0, 0.05) is 51.1 Å². The zero-order chi connectivity index (χ0) is 44.0. The number of amides is 5. The average Bonchev–Trinajstić information content (AvgIpc) is 3.54. The minimum absolute atomic E-state index is 0.0172. The monoisotopic (exact) mass is 837 g/mol. The smallest absolute Gasteiger partial charge is 0.294 e. The number of piperazine rings is 1. The molecule has 3 aliphatic carbocycles. The number of ketones is 1. The first-order valence-electron chi connectivity index (χ1n) is 22.5. The van der Waals surface area contributed by atoms with Crippen molar-refractivity contribution in [2.75, 3.05) is 51.1 Å². The number of hydrogen-bond donors (Lipinski definition) is 4. The number of nitrogens with two attached hydrogens (primary N) is 1. The highest BCUT2D eigenvalue weighted by molar-refractivity contribution is 6.37. The van der Waals surface area contributed by atoms with Crippen molar-refractivity contribution in [2.24, 2.45) is 44.6 Å². The molecule has 0 radical (unpaired) electrons. The second-order valence-electron chi connectivity index (χ2n) is 21.3. The number of nitrogens with one attached hydrogen (secondary N) is 3. The third-order valence-electron chi connectivity index (χ3n) is 15.7. The molecule has 2 spiro atoms. The second-order valence-corrected chi connectivity index (χ2v) is 21.3. The summed E-state index contributed by atoms with van der Waals surface area (Å²) in [6.07, 6.45) is 8.60. The third-order valence-corrected chi connectivity index (χ3v) is 15.7. The van der Waals surface area contributed by atoms with E-state index in [4.69, 9.17) is 10.2 Å². The predicted octanol–water partition coefficient (Wildman–Crippen LogP) is 3.90. The third kappa shape index (κ3) is 8.84. The molecule has 2 aliphatic heterocycles. The van der Waals surface area contributed by atoms with Crippen LogP contribution in [0.15, 0.2) is 10.7 Å². The summed E-state index contributed by atoms with van der Waals surface area (Å²) >= 11 is 0. The number of anilines is 1. The molecule has 2 saturated heterocycles. The number of aromatic nitrogens is 1. The second kappa shape index (κ2) is 17.0. The Hall–Kier alpha value is -4.01. The van der Waals surface area contributed by atoms with Crippen LogP contribution in [-0.2, 0) is 35.2 Å². The van der Waals surface area contributed by atoms with Gasteiger partial charge in [0.25, 0.3) is 11.9 Å². The SMILES string of the molecule is CCN1CCN(C(=O)Cc2coc(NC[C@@H](CC(=O)N[C@H](C(=O)N3C[C@]4(C[C@H]3C(=O)NC(CC3CCC3)C(=O)C(N)=O)C(C)(C)C43CCC3)C(C)(C)C)C(C)(C)C)n2)CC1. The molecule has 5 amide bonds. The number of hydrogen-bond acceptors (Lipinski definition) is 10. The van der Waals surface area contributed by atoms with E-state index in [0.29, 0.717) is 44.7 Å². The molecule has 0 bridgehead atoms. The summed E-state index contributed by atoms with van der Waals surface area (Å²) in [5.74, 6) is -2.94. The van der Waals surface area contributed by atoms with E-state index in [1.807, 2.05) is 25.7 Å². The summed E-state index contributed by atoms with van der Waals surface area (Å²) in [6.45, 7) is 23.3. The minimum atomic E-state index is -1.08. The molecule has 15 heteroatoms. The Kier molecular flexibility index (Phi) is 12.9. The maximum absolute atomic E-state index is 15.0. The van der Waals surface area contributed by atoms with Crippen LogP contribution < -0.4 is 21.7 Å². The largest absolute Gasteiger partial charge is 0.432 e. The standard InChI is InChI=1S/C45H72N8O7/c1-10-51-17-19-52(20-18-51)34(55)23-30-26-60-40(48-30)47-25-29(41(2,3)4)22-33(54)50-36(42(5,6)7)39(59)53-27-45(43(8,9)44(45)15-12-16-44)24-32(53)38(58)49-31(35(56)37(46)57)21-28-13-11-14-28/h26,28-29,31-32,36H,10-25,27H2,1-9H3,(H2,46,57)(H,47,48)(H,49,58)(H,50,54)/t29-,31?,32+,36-,45-/m1/s1. The number of carbonyl (C=O) groups excluding carboxylic acids is 6. The molecule has 5 atom stereocenters. The summed E-state index contributed by atoms with van der Waals surface area (Å²) in [7, 11) is 0. The van der Waals surface area contributed by atoms with E-state index >= 15 is 0 Å². The summed E-state index contributed by atoms with van der Waals surface area (Å²) < 4.78 is 5.70. The lowest BCUT2D eigenvalue weighted by atomic mass is 9.73. The van der Waals surface area contributed by atoms with E-state index in [1.165, 1.54) is 6.26 Å². The molecule has 15 nitrogen and oxygen atoms in total. The maximum atomic E-state index is 15.0. The van der Waals surface area contributed by atoms with Gasteiger partial charge in [-0.25, -0.2) is 0 Å². The average molecular weight is 837 g/mol. The normalized spacial score (nSPS) is 25.2. The van der Waals surface area contributed by atoms with Crippen LogP contribution in [0.2, 0.25) is 0 Å². The van der Waals surface area contributed by atoms with Gasteiger partial charge in [-0.05, 0) is 65.7 Å². The molecule has 334 valence electrons. The van der Waals surface area contributed by atoms with Crippen LogP contribution in [0.3, 0.4) is 0 Å². The van der Waals surface area contributed by atoms with Crippen LogP contribution in [-0.4, -0.2) is 119 Å². The van der Waals surface area contributed by atoms with Gasteiger partial charge in [0.15, 0.2) is 0 Å². The molecule has 0 aromatic carbocycles. The molecular formula is C45H72N8O7. The van der Waals surface area contributed by atoms with Crippen molar-refractivity contribution in [1.29, 1.82) is 0 Å². The van der Waals surface area contributed by atoms with Gasteiger partial charge in [-0.2, -0.15) is 4.98 Å². The highest BCUT2D eigenvalue weighted by atomic mass is 16.4. The fourth-order valence-corrected chi connectivity index (χ4v) is 11.0. The number of primary amides is 1. The number of carbonyl (C=O) groups is 6. The Morgan fingerprint density at radius 3 is 2.12 bits per heavy atom. The van der Waals surface area contributed by atoms with Crippen LogP contribution in [0, 0.1) is 38.9 Å². The Labute approximate surface area is 356 Å². The van der Waals surface area contributed by atoms with Gasteiger partial charge in [-0.1, -0.05) is 88.0 Å². The zero-order valence-corrected chi connectivity index (χ0v) is 37.7.